The van der Waals surface area contributed by atoms with Crippen molar-refractivity contribution in [1.82, 2.24) is 9.71 Å². The van der Waals surface area contributed by atoms with Crippen LogP contribution < -0.4 is 4.72 Å². The maximum atomic E-state index is 11.9. The molecule has 1 N–H and O–H groups in total. The van der Waals surface area contributed by atoms with Crippen molar-refractivity contribution in [3.8, 4) is 0 Å². The normalized spacial score (nSPS) is 23.6. The first-order chi connectivity index (χ1) is 9.59. The molecule has 0 aromatic carbocycles. The van der Waals surface area contributed by atoms with Gasteiger partial charge < -0.3 is 4.74 Å². The first-order valence-corrected chi connectivity index (χ1v) is 8.59. The molecule has 0 spiro atoms. The van der Waals surface area contributed by atoms with Crippen molar-refractivity contribution in [1.29, 1.82) is 0 Å². The lowest BCUT2D eigenvalue weighted by atomic mass is 9.88. The fraction of sp³-hybridized carbons (Fsp3) is 0.643. The number of rotatable bonds is 6. The number of aromatic nitrogens is 1. The second kappa shape index (κ2) is 7.15. The van der Waals surface area contributed by atoms with Crippen molar-refractivity contribution < 1.29 is 13.2 Å². The van der Waals surface area contributed by atoms with Crippen molar-refractivity contribution in [2.45, 2.75) is 43.6 Å². The maximum absolute atomic E-state index is 11.9. The Morgan fingerprint density at radius 2 is 2.20 bits per heavy atom. The summed E-state index contributed by atoms with van der Waals surface area (Å²) in [5, 5.41) is 0. The van der Waals surface area contributed by atoms with Gasteiger partial charge in [-0.3, -0.25) is 4.98 Å². The average Bonchev–Trinajstić information content (AvgIpc) is 2.46. The Morgan fingerprint density at radius 1 is 1.40 bits per heavy atom. The van der Waals surface area contributed by atoms with Gasteiger partial charge in [0.05, 0.1) is 12.7 Å². The van der Waals surface area contributed by atoms with Gasteiger partial charge in [-0.1, -0.05) is 19.8 Å². The minimum Gasteiger partial charge on any atom is -0.377 e. The lowest BCUT2D eigenvalue weighted by Gasteiger charge is -2.28. The van der Waals surface area contributed by atoms with Crippen LogP contribution in [0.5, 0.6) is 0 Å². The van der Waals surface area contributed by atoms with Crippen LogP contribution in [0, 0.1) is 5.92 Å². The number of ether oxygens (including phenoxy) is 1. The van der Waals surface area contributed by atoms with E-state index in [0.717, 1.165) is 6.42 Å². The van der Waals surface area contributed by atoms with Crippen molar-refractivity contribution in [3.63, 3.8) is 0 Å². The molecular formula is C14H22N2O3S. The predicted octanol–water partition coefficient (Wildman–Crippen LogP) is 1.96. The van der Waals surface area contributed by atoms with Crippen LogP contribution in [0.15, 0.2) is 29.4 Å². The summed E-state index contributed by atoms with van der Waals surface area (Å²) >= 11 is 0. The van der Waals surface area contributed by atoms with E-state index in [9.17, 15) is 8.42 Å². The summed E-state index contributed by atoms with van der Waals surface area (Å²) < 4.78 is 32.2. The van der Waals surface area contributed by atoms with E-state index in [1.54, 1.807) is 12.3 Å². The second-order valence-electron chi connectivity index (χ2n) is 5.26. The summed E-state index contributed by atoms with van der Waals surface area (Å²) in [7, 11) is -3.47. The van der Waals surface area contributed by atoms with Gasteiger partial charge in [0.15, 0.2) is 0 Å². The molecule has 1 aliphatic carbocycles. The van der Waals surface area contributed by atoms with Crippen molar-refractivity contribution >= 4 is 10.0 Å². The Labute approximate surface area is 120 Å². The monoisotopic (exact) mass is 298 g/mol. The minimum absolute atomic E-state index is 0.186. The molecule has 1 aromatic rings. The number of nitrogens with one attached hydrogen (secondary N) is 1. The minimum atomic E-state index is -3.47. The molecule has 5 nitrogen and oxygen atoms in total. The highest BCUT2D eigenvalue weighted by Gasteiger charge is 2.21. The molecule has 6 heteroatoms. The second-order valence-corrected chi connectivity index (χ2v) is 7.02. The molecule has 112 valence electrons. The molecule has 0 aliphatic heterocycles. The number of hydrogen-bond acceptors (Lipinski definition) is 4. The number of sulfonamides is 1. The van der Waals surface area contributed by atoms with E-state index in [1.165, 1.54) is 31.5 Å². The predicted molar refractivity (Wildman–Crippen MR) is 76.8 cm³/mol. The smallest absolute Gasteiger partial charge is 0.242 e. The lowest BCUT2D eigenvalue weighted by molar-refractivity contribution is -0.00176. The van der Waals surface area contributed by atoms with Crippen LogP contribution in [0.3, 0.4) is 0 Å². The fourth-order valence-electron chi connectivity index (χ4n) is 2.51. The summed E-state index contributed by atoms with van der Waals surface area (Å²) in [4.78, 5) is 4.00. The van der Waals surface area contributed by atoms with Crippen molar-refractivity contribution in [2.75, 3.05) is 13.2 Å². The third-order valence-electron chi connectivity index (χ3n) is 3.70. The van der Waals surface area contributed by atoms with Gasteiger partial charge in [-0.25, -0.2) is 13.1 Å². The summed E-state index contributed by atoms with van der Waals surface area (Å²) in [5.41, 5.74) is 0. The van der Waals surface area contributed by atoms with Gasteiger partial charge in [0.25, 0.3) is 0 Å². The number of pyridine rings is 1. The maximum Gasteiger partial charge on any atom is 0.242 e. The number of hydrogen-bond donors (Lipinski definition) is 1. The zero-order chi connectivity index (χ0) is 14.4. The van der Waals surface area contributed by atoms with Gasteiger partial charge in [-0.15, -0.1) is 0 Å². The van der Waals surface area contributed by atoms with Gasteiger partial charge in [0.1, 0.15) is 4.90 Å². The molecule has 1 fully saturated rings. The third-order valence-corrected chi connectivity index (χ3v) is 5.15. The van der Waals surface area contributed by atoms with E-state index in [0.29, 0.717) is 19.1 Å². The van der Waals surface area contributed by atoms with E-state index in [2.05, 4.69) is 16.6 Å². The Balaban J connectivity index is 1.75. The van der Waals surface area contributed by atoms with Crippen LogP contribution >= 0.6 is 0 Å². The molecule has 20 heavy (non-hydrogen) atoms. The van der Waals surface area contributed by atoms with Gasteiger partial charge in [-0.05, 0) is 30.9 Å². The average molecular weight is 298 g/mol. The summed E-state index contributed by atoms with van der Waals surface area (Å²) in [6, 6.07) is 3.13. The summed E-state index contributed by atoms with van der Waals surface area (Å²) in [5.74, 6) is 0.568. The molecule has 1 heterocycles. The highest BCUT2D eigenvalue weighted by molar-refractivity contribution is 7.89. The zero-order valence-corrected chi connectivity index (χ0v) is 12.6. The molecule has 1 aromatic heterocycles. The first-order valence-electron chi connectivity index (χ1n) is 7.11. The van der Waals surface area contributed by atoms with Gasteiger partial charge >= 0.3 is 0 Å². The van der Waals surface area contributed by atoms with Crippen molar-refractivity contribution in [3.05, 3.63) is 24.5 Å². The number of nitrogens with zero attached hydrogens (tertiary/aromatic N) is 1. The Kier molecular flexibility index (Phi) is 5.51. The van der Waals surface area contributed by atoms with Crippen LogP contribution in [0.2, 0.25) is 0 Å². The van der Waals surface area contributed by atoms with E-state index in [1.807, 2.05) is 0 Å². The molecule has 1 saturated carbocycles. The molecule has 0 saturated heterocycles. The largest absolute Gasteiger partial charge is 0.377 e. The molecule has 0 radical (unpaired) electrons. The molecule has 0 bridgehead atoms. The highest BCUT2D eigenvalue weighted by atomic mass is 32.2. The molecular weight excluding hydrogens is 276 g/mol. The van der Waals surface area contributed by atoms with E-state index in [-0.39, 0.29) is 11.0 Å². The van der Waals surface area contributed by atoms with E-state index >= 15 is 0 Å². The molecule has 2 rings (SSSR count). The van der Waals surface area contributed by atoms with Crippen molar-refractivity contribution in [2.24, 2.45) is 5.92 Å². The van der Waals surface area contributed by atoms with Crippen LogP contribution in [0.25, 0.3) is 0 Å². The van der Waals surface area contributed by atoms with Crippen LogP contribution in [0.1, 0.15) is 32.6 Å². The summed E-state index contributed by atoms with van der Waals surface area (Å²) in [6.45, 7) is 2.90. The SMILES string of the molecule is CC1CCCCC1OCCNS(=O)(=O)c1cccnc1. The highest BCUT2D eigenvalue weighted by Crippen LogP contribution is 2.25. The zero-order valence-electron chi connectivity index (χ0n) is 11.8. The quantitative estimate of drug-likeness (QED) is 0.815. The van der Waals surface area contributed by atoms with E-state index in [4.69, 9.17) is 4.74 Å². The van der Waals surface area contributed by atoms with Gasteiger partial charge in [0.2, 0.25) is 10.0 Å². The van der Waals surface area contributed by atoms with Gasteiger partial charge in [-0.2, -0.15) is 0 Å². The van der Waals surface area contributed by atoms with Gasteiger partial charge in [0, 0.05) is 18.9 Å². The molecule has 2 unspecified atom stereocenters. The van der Waals surface area contributed by atoms with E-state index < -0.39 is 10.0 Å². The molecule has 1 aliphatic rings. The summed E-state index contributed by atoms with van der Waals surface area (Å²) in [6.07, 6.45) is 7.92. The first kappa shape index (κ1) is 15.4. The Morgan fingerprint density at radius 3 is 2.90 bits per heavy atom. The van der Waals surface area contributed by atoms with Crippen LogP contribution in [0.4, 0.5) is 0 Å². The Hall–Kier alpha value is -0.980. The standard InChI is InChI=1S/C14H22N2O3S/c1-12-5-2-3-7-14(12)19-10-9-16-20(17,18)13-6-4-8-15-11-13/h4,6,8,11-12,14,16H,2-3,5,7,9-10H2,1H3. The fourth-order valence-corrected chi connectivity index (χ4v) is 3.48. The topological polar surface area (TPSA) is 68.3 Å². The lowest BCUT2D eigenvalue weighted by Crippen LogP contribution is -2.31. The molecule has 0 amide bonds. The third kappa shape index (κ3) is 4.26. The van der Waals surface area contributed by atoms with Crippen LogP contribution in [-0.2, 0) is 14.8 Å². The molecule has 2 atom stereocenters. The van der Waals surface area contributed by atoms with Crippen LogP contribution in [-0.4, -0.2) is 32.7 Å². The Bertz CT molecular complexity index is 504.